The maximum absolute atomic E-state index is 12.6. The van der Waals surface area contributed by atoms with Crippen molar-refractivity contribution in [2.75, 3.05) is 37.6 Å². The van der Waals surface area contributed by atoms with E-state index in [4.69, 9.17) is 16.2 Å². The zero-order valence-corrected chi connectivity index (χ0v) is 14.9. The summed E-state index contributed by atoms with van der Waals surface area (Å²) >= 11 is 0. The Kier molecular flexibility index (Phi) is 5.41. The zero-order valence-electron chi connectivity index (χ0n) is 14.9. The van der Waals surface area contributed by atoms with Gasteiger partial charge in [-0.3, -0.25) is 29.6 Å². The molecule has 3 rings (SSSR count). The number of carboxylic acids is 1. The average molecular weight is 373 g/mol. The number of piperidine rings is 1. The van der Waals surface area contributed by atoms with Crippen molar-refractivity contribution in [2.45, 2.75) is 18.9 Å². The number of nitrogens with one attached hydrogen (secondary N) is 1. The Morgan fingerprint density at radius 2 is 1.67 bits per heavy atom. The molecule has 2 saturated heterocycles. The third-order valence-corrected chi connectivity index (χ3v) is 5.01. The van der Waals surface area contributed by atoms with Crippen molar-refractivity contribution in [2.24, 2.45) is 5.73 Å². The number of nitrogen functional groups attached to an aromatic ring is 1. The van der Waals surface area contributed by atoms with Gasteiger partial charge in [-0.15, -0.1) is 0 Å². The van der Waals surface area contributed by atoms with Crippen LogP contribution in [0.4, 0.5) is 5.69 Å². The highest BCUT2D eigenvalue weighted by Gasteiger charge is 2.37. The van der Waals surface area contributed by atoms with Crippen LogP contribution < -0.4 is 10.6 Å². The highest BCUT2D eigenvalue weighted by molar-refractivity contribution is 6.03. The smallest absolute Gasteiger partial charge is 0.317 e. The number of benzene rings is 1. The number of piperazine rings is 1. The van der Waals surface area contributed by atoms with E-state index in [-0.39, 0.29) is 43.3 Å². The number of carboxylic acid groups (broad SMARTS) is 1. The van der Waals surface area contributed by atoms with Gasteiger partial charge >= 0.3 is 5.97 Å². The molecule has 2 heterocycles. The van der Waals surface area contributed by atoms with Crippen molar-refractivity contribution in [3.8, 4) is 0 Å². The monoisotopic (exact) mass is 373 g/mol. The fraction of sp³-hybridized carbons (Fsp3) is 0.444. The number of carbonyl (C=O) groups is 3. The summed E-state index contributed by atoms with van der Waals surface area (Å²) in [5.41, 5.74) is 6.76. The summed E-state index contributed by atoms with van der Waals surface area (Å²) in [6.45, 7) is 1.33. The predicted molar refractivity (Wildman–Crippen MR) is 98.6 cm³/mol. The Hall–Kier alpha value is -2.94. The minimum atomic E-state index is -0.870. The zero-order chi connectivity index (χ0) is 19.6. The van der Waals surface area contributed by atoms with Crippen LogP contribution in [0.2, 0.25) is 0 Å². The molecule has 2 aliphatic rings. The second-order valence-electron chi connectivity index (χ2n) is 6.88. The summed E-state index contributed by atoms with van der Waals surface area (Å²) in [5, 5.41) is 16.3. The van der Waals surface area contributed by atoms with Gasteiger partial charge in [0.15, 0.2) is 0 Å². The molecule has 0 unspecified atom stereocenters. The molecule has 0 bridgehead atoms. The summed E-state index contributed by atoms with van der Waals surface area (Å²) in [4.78, 5) is 40.9. The third kappa shape index (κ3) is 4.25. The quantitative estimate of drug-likeness (QED) is 0.367. The lowest BCUT2D eigenvalue weighted by atomic mass is 10.0. The molecule has 144 valence electrons. The molecule has 2 aliphatic heterocycles. The number of hydrogen-bond donors (Lipinski definition) is 3. The van der Waals surface area contributed by atoms with Gasteiger partial charge in [0.2, 0.25) is 11.8 Å². The number of anilines is 1. The summed E-state index contributed by atoms with van der Waals surface area (Å²) in [5.74, 6) is -1.38. The summed E-state index contributed by atoms with van der Waals surface area (Å²) in [6, 6.07) is 6.71. The number of rotatable bonds is 5. The van der Waals surface area contributed by atoms with Gasteiger partial charge in [0, 0.05) is 30.4 Å². The first kappa shape index (κ1) is 18.8. The molecule has 9 heteroatoms. The lowest BCUT2D eigenvalue weighted by molar-refractivity contribution is -0.150. The van der Waals surface area contributed by atoms with Crippen LogP contribution >= 0.6 is 0 Å². The van der Waals surface area contributed by atoms with Crippen LogP contribution in [0.5, 0.6) is 0 Å². The second kappa shape index (κ2) is 7.75. The van der Waals surface area contributed by atoms with Crippen LogP contribution in [0, 0.1) is 5.41 Å². The number of imide groups is 1. The largest absolute Gasteiger partial charge is 0.480 e. The van der Waals surface area contributed by atoms with Crippen molar-refractivity contribution < 1.29 is 19.5 Å². The van der Waals surface area contributed by atoms with E-state index in [0.29, 0.717) is 31.5 Å². The van der Waals surface area contributed by atoms with Crippen LogP contribution in [0.15, 0.2) is 24.3 Å². The molecule has 0 aromatic heterocycles. The van der Waals surface area contributed by atoms with Gasteiger partial charge in [-0.25, -0.2) is 0 Å². The molecule has 2 fully saturated rings. The number of nitrogens with two attached hydrogens (primary N) is 1. The van der Waals surface area contributed by atoms with Crippen molar-refractivity contribution >= 4 is 29.3 Å². The maximum Gasteiger partial charge on any atom is 0.317 e. The van der Waals surface area contributed by atoms with E-state index in [0.717, 1.165) is 5.69 Å². The van der Waals surface area contributed by atoms with E-state index in [1.165, 1.54) is 4.90 Å². The molecule has 2 amide bonds. The Morgan fingerprint density at radius 1 is 1.11 bits per heavy atom. The van der Waals surface area contributed by atoms with Gasteiger partial charge < -0.3 is 15.7 Å². The van der Waals surface area contributed by atoms with Crippen LogP contribution in [-0.2, 0) is 14.4 Å². The third-order valence-electron chi connectivity index (χ3n) is 5.01. The minimum absolute atomic E-state index is 0.0152. The highest BCUT2D eigenvalue weighted by atomic mass is 16.4. The first-order valence-electron chi connectivity index (χ1n) is 8.83. The Bertz CT molecular complexity index is 738. The predicted octanol–water partition coefficient (Wildman–Crippen LogP) is -0.305. The van der Waals surface area contributed by atoms with Gasteiger partial charge in [-0.05, 0) is 37.1 Å². The standard InChI is InChI=1S/C18H23N5O4/c19-18(20)12-1-3-13(4-2-12)22-9-15(24)23(16(25)10-22)14-5-7-21(8-6-14)11-17(26)27/h1-4,14H,5-11H2,(H3,19,20)(H,26,27). The van der Waals surface area contributed by atoms with E-state index in [9.17, 15) is 14.4 Å². The summed E-state index contributed by atoms with van der Waals surface area (Å²) < 4.78 is 0. The van der Waals surface area contributed by atoms with E-state index in [1.54, 1.807) is 29.2 Å². The van der Waals surface area contributed by atoms with Gasteiger partial charge in [-0.2, -0.15) is 0 Å². The van der Waals surface area contributed by atoms with Crippen molar-refractivity contribution in [3.05, 3.63) is 29.8 Å². The van der Waals surface area contributed by atoms with Crippen LogP contribution in [0.25, 0.3) is 0 Å². The number of likely N-dealkylation sites (tertiary alicyclic amines) is 1. The summed E-state index contributed by atoms with van der Waals surface area (Å²) in [7, 11) is 0. The Labute approximate surface area is 156 Å². The van der Waals surface area contributed by atoms with Gasteiger partial charge in [0.05, 0.1) is 19.6 Å². The first-order valence-corrected chi connectivity index (χ1v) is 8.83. The number of carbonyl (C=O) groups excluding carboxylic acids is 2. The van der Waals surface area contributed by atoms with Gasteiger partial charge in [0.25, 0.3) is 0 Å². The van der Waals surface area contributed by atoms with E-state index < -0.39 is 5.97 Å². The van der Waals surface area contributed by atoms with E-state index in [1.807, 2.05) is 4.90 Å². The molecule has 4 N–H and O–H groups in total. The average Bonchev–Trinajstić information content (AvgIpc) is 2.62. The van der Waals surface area contributed by atoms with Crippen LogP contribution in [-0.4, -0.2) is 77.3 Å². The molecule has 0 saturated carbocycles. The van der Waals surface area contributed by atoms with Gasteiger partial charge in [-0.1, -0.05) is 0 Å². The van der Waals surface area contributed by atoms with Gasteiger partial charge in [0.1, 0.15) is 5.84 Å². The van der Waals surface area contributed by atoms with E-state index >= 15 is 0 Å². The van der Waals surface area contributed by atoms with Crippen molar-refractivity contribution in [1.82, 2.24) is 9.80 Å². The molecule has 1 aromatic rings. The SMILES string of the molecule is N=C(N)c1ccc(N2CC(=O)N(C3CCN(CC(=O)O)CC3)C(=O)C2)cc1. The van der Waals surface area contributed by atoms with Crippen molar-refractivity contribution in [3.63, 3.8) is 0 Å². The molecule has 0 atom stereocenters. The number of amidine groups is 1. The fourth-order valence-corrected chi connectivity index (χ4v) is 3.64. The molecular weight excluding hydrogens is 350 g/mol. The number of amides is 2. The van der Waals surface area contributed by atoms with Crippen molar-refractivity contribution in [1.29, 1.82) is 5.41 Å². The Balaban J connectivity index is 1.62. The normalized spacial score (nSPS) is 19.4. The topological polar surface area (TPSA) is 131 Å². The molecule has 9 nitrogen and oxygen atoms in total. The highest BCUT2D eigenvalue weighted by Crippen LogP contribution is 2.23. The van der Waals surface area contributed by atoms with E-state index in [2.05, 4.69) is 0 Å². The lowest BCUT2D eigenvalue weighted by Crippen LogP contribution is -2.59. The first-order chi connectivity index (χ1) is 12.8. The molecule has 0 aliphatic carbocycles. The second-order valence-corrected chi connectivity index (χ2v) is 6.88. The number of hydrogen-bond acceptors (Lipinski definition) is 6. The molecule has 0 spiro atoms. The van der Waals surface area contributed by atoms with Crippen LogP contribution in [0.3, 0.4) is 0 Å². The molecule has 0 radical (unpaired) electrons. The minimum Gasteiger partial charge on any atom is -0.480 e. The fourth-order valence-electron chi connectivity index (χ4n) is 3.64. The lowest BCUT2D eigenvalue weighted by Gasteiger charge is -2.41. The number of nitrogens with zero attached hydrogens (tertiary/aromatic N) is 3. The maximum atomic E-state index is 12.6. The summed E-state index contributed by atoms with van der Waals surface area (Å²) in [6.07, 6.45) is 1.19. The Morgan fingerprint density at radius 3 is 2.15 bits per heavy atom. The molecule has 27 heavy (non-hydrogen) atoms. The number of aliphatic carboxylic acids is 1. The molecular formula is C18H23N5O4. The van der Waals surface area contributed by atoms with Crippen LogP contribution in [0.1, 0.15) is 18.4 Å². The molecule has 1 aromatic carbocycles.